The van der Waals surface area contributed by atoms with Crippen molar-refractivity contribution in [3.8, 4) is 0 Å². The third kappa shape index (κ3) is 2.05. The molecule has 2 saturated heterocycles. The fourth-order valence-electron chi connectivity index (χ4n) is 3.46. The van der Waals surface area contributed by atoms with Gasteiger partial charge >= 0.3 is 0 Å². The van der Waals surface area contributed by atoms with Gasteiger partial charge in [-0.25, -0.2) is 0 Å². The van der Waals surface area contributed by atoms with Crippen LogP contribution < -0.4 is 10.6 Å². The summed E-state index contributed by atoms with van der Waals surface area (Å²) in [5.41, 5.74) is 7.53. The Balaban J connectivity index is 1.90. The number of hydrogen-bond acceptors (Lipinski definition) is 3. The van der Waals surface area contributed by atoms with Crippen LogP contribution in [0.4, 0.5) is 5.69 Å². The molecule has 2 bridgehead atoms. The highest BCUT2D eigenvalue weighted by Gasteiger charge is 2.38. The van der Waals surface area contributed by atoms with Crippen LogP contribution in [0.5, 0.6) is 0 Å². The summed E-state index contributed by atoms with van der Waals surface area (Å²) in [6, 6.07) is 12.4. The largest absolute Gasteiger partial charge is 0.363 e. The van der Waals surface area contributed by atoms with Crippen molar-refractivity contribution in [2.75, 3.05) is 25.0 Å². The van der Waals surface area contributed by atoms with Gasteiger partial charge in [-0.2, -0.15) is 0 Å². The van der Waals surface area contributed by atoms with Crippen LogP contribution >= 0.6 is 0 Å². The first-order valence-electron chi connectivity index (χ1n) is 6.51. The van der Waals surface area contributed by atoms with Gasteiger partial charge in [-0.1, -0.05) is 18.2 Å². The van der Waals surface area contributed by atoms with Gasteiger partial charge in [-0.3, -0.25) is 0 Å². The molecule has 2 atom stereocenters. The maximum atomic E-state index is 6.17. The average molecular weight is 231 g/mol. The third-order valence-corrected chi connectivity index (χ3v) is 4.04. The lowest BCUT2D eigenvalue weighted by Gasteiger charge is -2.52. The van der Waals surface area contributed by atoms with Crippen molar-refractivity contribution in [1.29, 1.82) is 0 Å². The summed E-state index contributed by atoms with van der Waals surface area (Å²) < 4.78 is 0. The molecule has 1 aromatic rings. The van der Waals surface area contributed by atoms with Gasteiger partial charge in [0.2, 0.25) is 0 Å². The fourth-order valence-corrected chi connectivity index (χ4v) is 3.46. The highest BCUT2D eigenvalue weighted by molar-refractivity contribution is 5.50. The van der Waals surface area contributed by atoms with E-state index in [1.165, 1.54) is 5.69 Å². The van der Waals surface area contributed by atoms with Crippen LogP contribution in [0.2, 0.25) is 0 Å². The molecule has 2 aliphatic rings. The van der Waals surface area contributed by atoms with Gasteiger partial charge in [-0.05, 0) is 32.0 Å². The standard InChI is InChI=1S/C14H21N3/c1-16-9-13-7-11(15)8-14(10-16)17(13)12-5-3-2-4-6-12/h2-6,11,13-14H,7-10,15H2,1H3. The highest BCUT2D eigenvalue weighted by atomic mass is 15.3. The first-order valence-corrected chi connectivity index (χ1v) is 6.51. The molecular formula is C14H21N3. The van der Waals surface area contributed by atoms with E-state index >= 15 is 0 Å². The smallest absolute Gasteiger partial charge is 0.0435 e. The third-order valence-electron chi connectivity index (χ3n) is 4.04. The summed E-state index contributed by atoms with van der Waals surface area (Å²) in [5.74, 6) is 0. The first-order chi connectivity index (χ1) is 8.24. The molecule has 0 aliphatic carbocycles. The molecular weight excluding hydrogens is 210 g/mol. The molecule has 0 amide bonds. The van der Waals surface area contributed by atoms with Gasteiger partial charge in [0.25, 0.3) is 0 Å². The molecule has 2 fully saturated rings. The fraction of sp³-hybridized carbons (Fsp3) is 0.571. The summed E-state index contributed by atoms with van der Waals surface area (Å²) in [4.78, 5) is 5.05. The Morgan fingerprint density at radius 3 is 2.24 bits per heavy atom. The second-order valence-corrected chi connectivity index (χ2v) is 5.50. The quantitative estimate of drug-likeness (QED) is 0.790. The second kappa shape index (κ2) is 4.31. The van der Waals surface area contributed by atoms with Crippen molar-refractivity contribution in [3.63, 3.8) is 0 Å². The van der Waals surface area contributed by atoms with Crippen LogP contribution in [0.15, 0.2) is 30.3 Å². The van der Waals surface area contributed by atoms with Crippen LogP contribution in [-0.4, -0.2) is 43.2 Å². The van der Waals surface area contributed by atoms with Crippen molar-refractivity contribution >= 4 is 5.69 Å². The number of nitrogens with two attached hydrogens (primary N) is 1. The van der Waals surface area contributed by atoms with Gasteiger partial charge < -0.3 is 15.5 Å². The van der Waals surface area contributed by atoms with Gasteiger partial charge in [0.1, 0.15) is 0 Å². The minimum Gasteiger partial charge on any atom is -0.363 e. The normalized spacial score (nSPS) is 33.8. The number of nitrogens with zero attached hydrogens (tertiary/aromatic N) is 2. The lowest BCUT2D eigenvalue weighted by Crippen LogP contribution is -2.63. The molecule has 2 unspecified atom stereocenters. The van der Waals surface area contributed by atoms with E-state index < -0.39 is 0 Å². The zero-order chi connectivity index (χ0) is 11.8. The van der Waals surface area contributed by atoms with E-state index in [1.807, 2.05) is 0 Å². The molecule has 0 aromatic heterocycles. The van der Waals surface area contributed by atoms with Crippen LogP contribution in [0.3, 0.4) is 0 Å². The van der Waals surface area contributed by atoms with Gasteiger partial charge in [0.05, 0.1) is 0 Å². The van der Waals surface area contributed by atoms with E-state index in [2.05, 4.69) is 47.2 Å². The van der Waals surface area contributed by atoms with E-state index in [1.54, 1.807) is 0 Å². The monoisotopic (exact) mass is 231 g/mol. The lowest BCUT2D eigenvalue weighted by atomic mass is 9.87. The molecule has 0 spiro atoms. The number of likely N-dealkylation sites (tertiary alicyclic amines) is 1. The topological polar surface area (TPSA) is 32.5 Å². The molecule has 3 heteroatoms. The highest BCUT2D eigenvalue weighted by Crippen LogP contribution is 2.32. The first kappa shape index (κ1) is 11.1. The molecule has 2 heterocycles. The van der Waals surface area contributed by atoms with E-state index in [0.29, 0.717) is 18.1 Å². The van der Waals surface area contributed by atoms with Crippen LogP contribution in [0.25, 0.3) is 0 Å². The van der Waals surface area contributed by atoms with Gasteiger partial charge in [0.15, 0.2) is 0 Å². The van der Waals surface area contributed by atoms with E-state index in [-0.39, 0.29) is 0 Å². The number of benzene rings is 1. The minimum absolute atomic E-state index is 0.388. The Labute approximate surface area is 103 Å². The van der Waals surface area contributed by atoms with Crippen LogP contribution in [0, 0.1) is 0 Å². The predicted molar refractivity (Wildman–Crippen MR) is 71.2 cm³/mol. The Hall–Kier alpha value is -1.06. The molecule has 2 N–H and O–H groups in total. The molecule has 3 nitrogen and oxygen atoms in total. The van der Waals surface area contributed by atoms with Crippen molar-refractivity contribution in [3.05, 3.63) is 30.3 Å². The van der Waals surface area contributed by atoms with E-state index in [4.69, 9.17) is 5.73 Å². The number of fused-ring (bicyclic) bond motifs is 2. The van der Waals surface area contributed by atoms with E-state index in [9.17, 15) is 0 Å². The summed E-state index contributed by atoms with van der Waals surface area (Å²) in [6.45, 7) is 2.28. The maximum absolute atomic E-state index is 6.17. The number of piperazine rings is 1. The Bertz CT molecular complexity index is 348. The number of piperidine rings is 1. The van der Waals surface area contributed by atoms with Crippen molar-refractivity contribution in [2.45, 2.75) is 31.0 Å². The predicted octanol–water partition coefficient (Wildman–Crippen LogP) is 1.30. The second-order valence-electron chi connectivity index (χ2n) is 5.50. The van der Waals surface area contributed by atoms with Crippen LogP contribution in [0.1, 0.15) is 12.8 Å². The zero-order valence-corrected chi connectivity index (χ0v) is 10.4. The molecule has 1 aromatic carbocycles. The molecule has 3 rings (SSSR count). The van der Waals surface area contributed by atoms with Crippen LogP contribution in [-0.2, 0) is 0 Å². The summed E-state index contributed by atoms with van der Waals surface area (Å²) in [6.07, 6.45) is 2.24. The average Bonchev–Trinajstić information content (AvgIpc) is 2.28. The number of rotatable bonds is 1. The minimum atomic E-state index is 0.388. The maximum Gasteiger partial charge on any atom is 0.0435 e. The molecule has 92 valence electrons. The SMILES string of the molecule is CN1CC2CC(N)CC(C1)N2c1ccccc1. The lowest BCUT2D eigenvalue weighted by molar-refractivity contribution is 0.173. The number of para-hydroxylation sites is 1. The Morgan fingerprint density at radius 1 is 1.06 bits per heavy atom. The summed E-state index contributed by atoms with van der Waals surface area (Å²) >= 11 is 0. The molecule has 17 heavy (non-hydrogen) atoms. The van der Waals surface area contributed by atoms with E-state index in [0.717, 1.165) is 25.9 Å². The van der Waals surface area contributed by atoms with Crippen molar-refractivity contribution in [2.24, 2.45) is 5.73 Å². The molecule has 0 saturated carbocycles. The number of likely N-dealkylation sites (N-methyl/N-ethyl adjacent to an activating group) is 1. The van der Waals surface area contributed by atoms with Crippen molar-refractivity contribution < 1.29 is 0 Å². The van der Waals surface area contributed by atoms with Gasteiger partial charge in [-0.15, -0.1) is 0 Å². The molecule has 2 aliphatic heterocycles. The number of hydrogen-bond donors (Lipinski definition) is 1. The zero-order valence-electron chi connectivity index (χ0n) is 10.4. The summed E-state index contributed by atoms with van der Waals surface area (Å²) in [7, 11) is 2.22. The molecule has 0 radical (unpaired) electrons. The summed E-state index contributed by atoms with van der Waals surface area (Å²) in [5, 5.41) is 0. The van der Waals surface area contributed by atoms with Crippen molar-refractivity contribution in [1.82, 2.24) is 4.90 Å². The Morgan fingerprint density at radius 2 is 1.65 bits per heavy atom. The van der Waals surface area contributed by atoms with Gasteiger partial charge in [0, 0.05) is 36.9 Å². The number of anilines is 1. The Kier molecular flexibility index (Phi) is 2.81.